The molecule has 0 amide bonds. The van der Waals surface area contributed by atoms with Crippen LogP contribution in [0.1, 0.15) is 24.0 Å². The molecule has 5 heteroatoms. The lowest BCUT2D eigenvalue weighted by molar-refractivity contribution is 0.00316. The standard InChI is InChI=1S/C14H22O4Si/c1-6-13-9-7-8-10-14(13)12(2)11-18-19(15-3,16-4)17-5/h6-10,12H,1,11H2,2-5H3. The number of hydrogen-bond acceptors (Lipinski definition) is 4. The minimum Gasteiger partial charge on any atom is -0.355 e. The third-order valence-electron chi connectivity index (χ3n) is 3.01. The van der Waals surface area contributed by atoms with Crippen LogP contribution in [0.3, 0.4) is 0 Å². The molecule has 0 saturated heterocycles. The molecule has 4 nitrogen and oxygen atoms in total. The highest BCUT2D eigenvalue weighted by molar-refractivity contribution is 6.53. The van der Waals surface area contributed by atoms with E-state index in [-0.39, 0.29) is 5.92 Å². The predicted molar refractivity (Wildman–Crippen MR) is 77.7 cm³/mol. The van der Waals surface area contributed by atoms with E-state index >= 15 is 0 Å². The van der Waals surface area contributed by atoms with Crippen LogP contribution < -0.4 is 0 Å². The molecule has 0 heterocycles. The second kappa shape index (κ2) is 7.57. The molecule has 1 aromatic rings. The van der Waals surface area contributed by atoms with Gasteiger partial charge in [0, 0.05) is 33.9 Å². The molecule has 0 fully saturated rings. The van der Waals surface area contributed by atoms with Crippen LogP contribution in [0.25, 0.3) is 6.08 Å². The van der Waals surface area contributed by atoms with Crippen molar-refractivity contribution in [2.24, 2.45) is 0 Å². The molecule has 0 saturated carbocycles. The van der Waals surface area contributed by atoms with Gasteiger partial charge in [0.25, 0.3) is 0 Å². The molecule has 0 bridgehead atoms. The predicted octanol–water partition coefficient (Wildman–Crippen LogP) is 2.82. The third kappa shape index (κ3) is 3.99. The topological polar surface area (TPSA) is 36.9 Å². The lowest BCUT2D eigenvalue weighted by Crippen LogP contribution is -2.47. The number of benzene rings is 1. The van der Waals surface area contributed by atoms with E-state index in [1.54, 1.807) is 0 Å². The Kier molecular flexibility index (Phi) is 6.40. The van der Waals surface area contributed by atoms with Crippen molar-refractivity contribution in [3.63, 3.8) is 0 Å². The third-order valence-corrected chi connectivity index (χ3v) is 5.03. The summed E-state index contributed by atoms with van der Waals surface area (Å²) in [5.41, 5.74) is 2.29. The van der Waals surface area contributed by atoms with Crippen LogP contribution in [0.4, 0.5) is 0 Å². The quantitative estimate of drug-likeness (QED) is 0.687. The van der Waals surface area contributed by atoms with Crippen LogP contribution in [-0.2, 0) is 17.7 Å². The fourth-order valence-corrected chi connectivity index (χ4v) is 3.20. The summed E-state index contributed by atoms with van der Waals surface area (Å²) in [6.45, 7) is 6.38. The first kappa shape index (κ1) is 16.1. The van der Waals surface area contributed by atoms with Crippen LogP contribution in [0, 0.1) is 0 Å². The molecule has 1 unspecified atom stereocenters. The first-order valence-corrected chi connectivity index (χ1v) is 7.76. The zero-order valence-corrected chi connectivity index (χ0v) is 13.0. The highest BCUT2D eigenvalue weighted by Gasteiger charge is 2.42. The van der Waals surface area contributed by atoms with Crippen molar-refractivity contribution in [3.8, 4) is 0 Å². The first-order chi connectivity index (χ1) is 9.12. The van der Waals surface area contributed by atoms with Gasteiger partial charge in [0.15, 0.2) is 0 Å². The van der Waals surface area contributed by atoms with Crippen molar-refractivity contribution in [2.45, 2.75) is 12.8 Å². The van der Waals surface area contributed by atoms with Gasteiger partial charge in [-0.3, -0.25) is 0 Å². The highest BCUT2D eigenvalue weighted by Crippen LogP contribution is 2.22. The molecule has 1 aromatic carbocycles. The molecule has 0 spiro atoms. The zero-order chi connectivity index (χ0) is 14.3. The summed E-state index contributed by atoms with van der Waals surface area (Å²) in [5.74, 6) is 0.196. The maximum absolute atomic E-state index is 5.73. The van der Waals surface area contributed by atoms with Gasteiger partial charge in [0.05, 0.1) is 0 Å². The Bertz CT molecular complexity index is 396. The van der Waals surface area contributed by atoms with E-state index in [9.17, 15) is 0 Å². The largest absolute Gasteiger partial charge is 0.678 e. The first-order valence-electron chi connectivity index (χ1n) is 6.13. The maximum Gasteiger partial charge on any atom is 0.678 e. The van der Waals surface area contributed by atoms with Crippen molar-refractivity contribution >= 4 is 15.1 Å². The van der Waals surface area contributed by atoms with Gasteiger partial charge in [-0.25, -0.2) is 0 Å². The normalized spacial score (nSPS) is 13.3. The van der Waals surface area contributed by atoms with Crippen LogP contribution in [0.15, 0.2) is 30.8 Å². The van der Waals surface area contributed by atoms with Gasteiger partial charge in [0.1, 0.15) is 0 Å². The molecule has 1 rings (SSSR count). The molecule has 0 aliphatic rings. The van der Waals surface area contributed by atoms with Gasteiger partial charge in [-0.2, -0.15) is 0 Å². The second-order valence-corrected chi connectivity index (χ2v) is 6.67. The fourth-order valence-electron chi connectivity index (χ4n) is 1.89. The van der Waals surface area contributed by atoms with Crippen molar-refractivity contribution in [1.29, 1.82) is 0 Å². The monoisotopic (exact) mass is 282 g/mol. The van der Waals surface area contributed by atoms with Crippen molar-refractivity contribution in [2.75, 3.05) is 27.9 Å². The summed E-state index contributed by atoms with van der Waals surface area (Å²) < 4.78 is 21.4. The zero-order valence-electron chi connectivity index (χ0n) is 12.0. The van der Waals surface area contributed by atoms with Crippen LogP contribution >= 0.6 is 0 Å². The molecule has 0 radical (unpaired) electrons. The average molecular weight is 282 g/mol. The van der Waals surface area contributed by atoms with Gasteiger partial charge in [-0.15, -0.1) is 0 Å². The molecule has 106 valence electrons. The minimum absolute atomic E-state index is 0.196. The SMILES string of the molecule is C=Cc1ccccc1C(C)CO[Si](OC)(OC)OC. The van der Waals surface area contributed by atoms with E-state index in [1.807, 2.05) is 24.3 Å². The minimum atomic E-state index is -2.97. The van der Waals surface area contributed by atoms with Gasteiger partial charge < -0.3 is 17.7 Å². The Labute approximate surface area is 116 Å². The molecule has 19 heavy (non-hydrogen) atoms. The Balaban J connectivity index is 2.74. The Morgan fingerprint density at radius 1 is 1.16 bits per heavy atom. The molecular weight excluding hydrogens is 260 g/mol. The van der Waals surface area contributed by atoms with Gasteiger partial charge in [-0.05, 0) is 11.1 Å². The smallest absolute Gasteiger partial charge is 0.355 e. The molecule has 0 aliphatic heterocycles. The van der Waals surface area contributed by atoms with E-state index < -0.39 is 9.05 Å². The van der Waals surface area contributed by atoms with Crippen LogP contribution in [0.5, 0.6) is 0 Å². The fraction of sp³-hybridized carbons (Fsp3) is 0.429. The summed E-state index contributed by atoms with van der Waals surface area (Å²) in [5, 5.41) is 0. The Morgan fingerprint density at radius 3 is 2.26 bits per heavy atom. The summed E-state index contributed by atoms with van der Waals surface area (Å²) in [4.78, 5) is 0. The van der Waals surface area contributed by atoms with E-state index in [4.69, 9.17) is 17.7 Å². The Morgan fingerprint density at radius 2 is 1.74 bits per heavy atom. The lowest BCUT2D eigenvalue weighted by atomic mass is 9.96. The summed E-state index contributed by atoms with van der Waals surface area (Å²) in [6, 6.07) is 8.10. The van der Waals surface area contributed by atoms with Gasteiger partial charge >= 0.3 is 9.05 Å². The van der Waals surface area contributed by atoms with Crippen LogP contribution in [-0.4, -0.2) is 37.0 Å². The molecule has 0 N–H and O–H groups in total. The lowest BCUT2D eigenvalue weighted by Gasteiger charge is -2.25. The average Bonchev–Trinajstić information content (AvgIpc) is 2.49. The molecular formula is C14H22O4Si. The van der Waals surface area contributed by atoms with E-state index in [0.717, 1.165) is 5.56 Å². The summed E-state index contributed by atoms with van der Waals surface area (Å²) in [6.07, 6.45) is 1.85. The summed E-state index contributed by atoms with van der Waals surface area (Å²) >= 11 is 0. The second-order valence-electron chi connectivity index (χ2n) is 4.16. The van der Waals surface area contributed by atoms with Crippen LogP contribution in [0.2, 0.25) is 0 Å². The summed E-state index contributed by atoms with van der Waals surface area (Å²) in [7, 11) is 1.62. The van der Waals surface area contributed by atoms with Gasteiger partial charge in [-0.1, -0.05) is 43.8 Å². The Hall–Kier alpha value is -0.983. The number of hydrogen-bond donors (Lipinski definition) is 0. The van der Waals surface area contributed by atoms with E-state index in [2.05, 4.69) is 19.6 Å². The highest BCUT2D eigenvalue weighted by atomic mass is 28.4. The molecule has 0 aromatic heterocycles. The van der Waals surface area contributed by atoms with E-state index in [1.165, 1.54) is 26.9 Å². The van der Waals surface area contributed by atoms with E-state index in [0.29, 0.717) is 6.61 Å². The molecule has 0 aliphatic carbocycles. The van der Waals surface area contributed by atoms with Crippen molar-refractivity contribution < 1.29 is 17.7 Å². The van der Waals surface area contributed by atoms with Crippen molar-refractivity contribution in [3.05, 3.63) is 42.0 Å². The maximum atomic E-state index is 5.73. The number of rotatable bonds is 8. The van der Waals surface area contributed by atoms with Gasteiger partial charge in [0.2, 0.25) is 0 Å². The van der Waals surface area contributed by atoms with Crippen molar-refractivity contribution in [1.82, 2.24) is 0 Å². The molecule has 1 atom stereocenters.